The molecule has 0 saturated heterocycles. The zero-order valence-corrected chi connectivity index (χ0v) is 12.9. The number of hydrogen-bond donors (Lipinski definition) is 1. The number of hydrogen-bond acceptors (Lipinski definition) is 3. The standard InChI is InChI=1S/C17H14ClFN4/c18-13-5-1-12(2-6-13)16-9-15(11-3-7-14(19)8-4-11)22-17-20-10-21-23(16)17/h1-8,10,15-16H,9H2,(H,20,21,22)/t15-,16-/m1/s1. The lowest BCUT2D eigenvalue weighted by Crippen LogP contribution is -2.28. The van der Waals surface area contributed by atoms with Gasteiger partial charge in [-0.2, -0.15) is 10.1 Å². The van der Waals surface area contributed by atoms with Gasteiger partial charge < -0.3 is 5.32 Å². The van der Waals surface area contributed by atoms with Gasteiger partial charge in [-0.05, 0) is 41.8 Å². The molecule has 0 bridgehead atoms. The van der Waals surface area contributed by atoms with Gasteiger partial charge >= 0.3 is 0 Å². The molecule has 0 amide bonds. The first-order chi connectivity index (χ1) is 11.2. The molecule has 1 aliphatic heterocycles. The average molecular weight is 329 g/mol. The molecule has 1 aromatic heterocycles. The van der Waals surface area contributed by atoms with Crippen LogP contribution in [0.5, 0.6) is 0 Å². The van der Waals surface area contributed by atoms with Crippen LogP contribution in [-0.4, -0.2) is 14.8 Å². The van der Waals surface area contributed by atoms with Crippen molar-refractivity contribution in [1.82, 2.24) is 14.8 Å². The molecule has 0 saturated carbocycles. The fourth-order valence-corrected chi connectivity index (χ4v) is 3.12. The van der Waals surface area contributed by atoms with Gasteiger partial charge in [-0.25, -0.2) is 9.07 Å². The van der Waals surface area contributed by atoms with Crippen LogP contribution in [0.1, 0.15) is 29.6 Å². The van der Waals surface area contributed by atoms with Gasteiger partial charge in [0.15, 0.2) is 0 Å². The number of aromatic nitrogens is 3. The molecule has 2 heterocycles. The summed E-state index contributed by atoms with van der Waals surface area (Å²) >= 11 is 5.99. The van der Waals surface area contributed by atoms with E-state index in [0.29, 0.717) is 11.0 Å². The summed E-state index contributed by atoms with van der Waals surface area (Å²) in [4.78, 5) is 4.28. The molecule has 0 radical (unpaired) electrons. The van der Waals surface area contributed by atoms with E-state index in [-0.39, 0.29) is 17.9 Å². The highest BCUT2D eigenvalue weighted by atomic mass is 35.5. The summed E-state index contributed by atoms with van der Waals surface area (Å²) in [6.45, 7) is 0. The van der Waals surface area contributed by atoms with Gasteiger partial charge in [0.25, 0.3) is 0 Å². The predicted molar refractivity (Wildman–Crippen MR) is 87.0 cm³/mol. The summed E-state index contributed by atoms with van der Waals surface area (Å²) in [5.41, 5.74) is 2.15. The van der Waals surface area contributed by atoms with E-state index in [0.717, 1.165) is 17.5 Å². The number of rotatable bonds is 2. The highest BCUT2D eigenvalue weighted by Crippen LogP contribution is 2.37. The SMILES string of the molecule is Fc1ccc([C@H]2C[C@H](c3ccc(Cl)cc3)n3ncnc3N2)cc1. The normalized spacial score (nSPS) is 19.9. The first-order valence-electron chi connectivity index (χ1n) is 7.38. The van der Waals surface area contributed by atoms with Gasteiger partial charge in [0, 0.05) is 5.02 Å². The quantitative estimate of drug-likeness (QED) is 0.766. The van der Waals surface area contributed by atoms with E-state index in [2.05, 4.69) is 15.4 Å². The Balaban J connectivity index is 1.71. The van der Waals surface area contributed by atoms with Crippen molar-refractivity contribution in [3.05, 3.63) is 76.8 Å². The van der Waals surface area contributed by atoms with Gasteiger partial charge in [0.1, 0.15) is 12.1 Å². The Morgan fingerprint density at radius 1 is 1.04 bits per heavy atom. The molecule has 4 nitrogen and oxygen atoms in total. The van der Waals surface area contributed by atoms with Crippen LogP contribution in [0.4, 0.5) is 10.3 Å². The molecule has 0 aliphatic carbocycles. The summed E-state index contributed by atoms with van der Waals surface area (Å²) in [5.74, 6) is 0.479. The van der Waals surface area contributed by atoms with E-state index >= 15 is 0 Å². The Bertz CT molecular complexity index is 813. The number of halogens is 2. The summed E-state index contributed by atoms with van der Waals surface area (Å²) in [7, 11) is 0. The largest absolute Gasteiger partial charge is 0.348 e. The molecule has 23 heavy (non-hydrogen) atoms. The summed E-state index contributed by atoms with van der Waals surface area (Å²) in [6.07, 6.45) is 2.34. The minimum atomic E-state index is -0.234. The lowest BCUT2D eigenvalue weighted by molar-refractivity contribution is 0.430. The van der Waals surface area contributed by atoms with Crippen molar-refractivity contribution in [3.8, 4) is 0 Å². The maximum atomic E-state index is 13.2. The topological polar surface area (TPSA) is 42.7 Å². The van der Waals surface area contributed by atoms with Crippen molar-refractivity contribution in [1.29, 1.82) is 0 Å². The van der Waals surface area contributed by atoms with Crippen molar-refractivity contribution in [2.45, 2.75) is 18.5 Å². The zero-order chi connectivity index (χ0) is 15.8. The second-order valence-corrected chi connectivity index (χ2v) is 6.02. The van der Waals surface area contributed by atoms with E-state index in [1.54, 1.807) is 12.1 Å². The Kier molecular flexibility index (Phi) is 3.50. The molecule has 0 unspecified atom stereocenters. The van der Waals surface area contributed by atoms with E-state index in [1.807, 2.05) is 28.9 Å². The monoisotopic (exact) mass is 328 g/mol. The molecule has 116 valence electrons. The van der Waals surface area contributed by atoms with Crippen molar-refractivity contribution in [2.24, 2.45) is 0 Å². The third kappa shape index (κ3) is 2.68. The number of nitrogens with zero attached hydrogens (tertiary/aromatic N) is 3. The van der Waals surface area contributed by atoms with Crippen LogP contribution in [0, 0.1) is 5.82 Å². The lowest BCUT2D eigenvalue weighted by atomic mass is 9.93. The van der Waals surface area contributed by atoms with Crippen molar-refractivity contribution in [2.75, 3.05) is 5.32 Å². The van der Waals surface area contributed by atoms with Gasteiger partial charge in [-0.15, -0.1) is 0 Å². The lowest BCUT2D eigenvalue weighted by Gasteiger charge is -2.31. The van der Waals surface area contributed by atoms with Crippen LogP contribution in [-0.2, 0) is 0 Å². The second kappa shape index (κ2) is 5.66. The van der Waals surface area contributed by atoms with Crippen LogP contribution in [0.3, 0.4) is 0 Å². The molecule has 0 spiro atoms. The van der Waals surface area contributed by atoms with Gasteiger partial charge in [-0.1, -0.05) is 35.9 Å². The first-order valence-corrected chi connectivity index (χ1v) is 7.75. The third-order valence-electron chi connectivity index (χ3n) is 4.16. The van der Waals surface area contributed by atoms with Gasteiger partial charge in [0.05, 0.1) is 12.1 Å². The minimum absolute atomic E-state index is 0.0491. The zero-order valence-electron chi connectivity index (χ0n) is 12.2. The summed E-state index contributed by atoms with van der Waals surface area (Å²) in [6, 6.07) is 14.4. The highest BCUT2D eigenvalue weighted by Gasteiger charge is 2.29. The number of benzene rings is 2. The van der Waals surface area contributed by atoms with Gasteiger partial charge in [0.2, 0.25) is 5.95 Å². The molecule has 2 atom stereocenters. The molecule has 0 fully saturated rings. The number of nitrogens with one attached hydrogen (secondary N) is 1. The van der Waals surface area contributed by atoms with Crippen molar-refractivity contribution < 1.29 is 4.39 Å². The molecule has 3 aromatic rings. The van der Waals surface area contributed by atoms with E-state index in [9.17, 15) is 4.39 Å². The van der Waals surface area contributed by atoms with Crippen molar-refractivity contribution >= 4 is 17.5 Å². The minimum Gasteiger partial charge on any atom is -0.348 e. The number of fused-ring (bicyclic) bond motifs is 1. The predicted octanol–water partition coefficient (Wildman–Crippen LogP) is 4.22. The summed E-state index contributed by atoms with van der Waals surface area (Å²) < 4.78 is 15.0. The first kappa shape index (κ1) is 14.2. The third-order valence-corrected chi connectivity index (χ3v) is 4.41. The maximum absolute atomic E-state index is 13.2. The molecular formula is C17H14ClFN4. The second-order valence-electron chi connectivity index (χ2n) is 5.58. The molecule has 1 aliphatic rings. The van der Waals surface area contributed by atoms with Crippen molar-refractivity contribution in [3.63, 3.8) is 0 Å². The Labute approximate surface area is 137 Å². The van der Waals surface area contributed by atoms with Crippen LogP contribution < -0.4 is 5.32 Å². The molecular weight excluding hydrogens is 315 g/mol. The Hall–Kier alpha value is -2.40. The Morgan fingerprint density at radius 2 is 1.74 bits per heavy atom. The smallest absolute Gasteiger partial charge is 0.222 e. The van der Waals surface area contributed by atoms with Crippen LogP contribution in [0.25, 0.3) is 0 Å². The van der Waals surface area contributed by atoms with Gasteiger partial charge in [-0.3, -0.25) is 0 Å². The fraction of sp³-hybridized carbons (Fsp3) is 0.176. The number of anilines is 1. The van der Waals surface area contributed by atoms with Crippen LogP contribution >= 0.6 is 11.6 Å². The molecule has 2 aromatic carbocycles. The Morgan fingerprint density at radius 3 is 2.48 bits per heavy atom. The van der Waals surface area contributed by atoms with Crippen LogP contribution in [0.15, 0.2) is 54.9 Å². The maximum Gasteiger partial charge on any atom is 0.222 e. The summed E-state index contributed by atoms with van der Waals surface area (Å²) in [5, 5.41) is 8.40. The van der Waals surface area contributed by atoms with E-state index in [1.165, 1.54) is 18.5 Å². The molecule has 4 rings (SSSR count). The van der Waals surface area contributed by atoms with E-state index < -0.39 is 0 Å². The fourth-order valence-electron chi connectivity index (χ4n) is 3.00. The van der Waals surface area contributed by atoms with E-state index in [4.69, 9.17) is 11.6 Å². The average Bonchev–Trinajstić information content (AvgIpc) is 3.04. The molecule has 1 N–H and O–H groups in total. The van der Waals surface area contributed by atoms with Crippen LogP contribution in [0.2, 0.25) is 5.02 Å². The highest BCUT2D eigenvalue weighted by molar-refractivity contribution is 6.30. The molecule has 6 heteroatoms.